The van der Waals surface area contributed by atoms with Gasteiger partial charge in [-0.25, -0.2) is 4.98 Å². The lowest BCUT2D eigenvalue weighted by Crippen LogP contribution is -2.28. The van der Waals surface area contributed by atoms with E-state index in [1.807, 2.05) is 13.1 Å². The first kappa shape index (κ1) is 15.5. The molecule has 6 nitrogen and oxygen atoms in total. The second-order valence-corrected chi connectivity index (χ2v) is 6.33. The van der Waals surface area contributed by atoms with Crippen LogP contribution >= 0.6 is 0 Å². The average Bonchev–Trinajstić information content (AvgIpc) is 3.28. The van der Waals surface area contributed by atoms with Crippen LogP contribution in [0.3, 0.4) is 0 Å². The van der Waals surface area contributed by atoms with Gasteiger partial charge in [0.15, 0.2) is 5.84 Å². The Morgan fingerprint density at radius 2 is 2.22 bits per heavy atom. The number of pyridine rings is 1. The molecule has 2 N–H and O–H groups in total. The number of hydrogen-bond acceptors (Lipinski definition) is 4. The Morgan fingerprint density at radius 3 is 2.83 bits per heavy atom. The molecular weight excluding hydrogens is 288 g/mol. The molecule has 0 aromatic carbocycles. The van der Waals surface area contributed by atoms with Gasteiger partial charge in [0.05, 0.1) is 10.9 Å². The Hall–Kier alpha value is -2.37. The molecule has 0 atom stereocenters. The highest BCUT2D eigenvalue weighted by molar-refractivity contribution is 6.11. The van der Waals surface area contributed by atoms with Crippen LogP contribution in [-0.4, -0.2) is 46.1 Å². The Balaban J connectivity index is 2.05. The summed E-state index contributed by atoms with van der Waals surface area (Å²) in [6.07, 6.45) is 4.21. The maximum Gasteiger partial charge on any atom is 0.156 e. The maximum absolute atomic E-state index is 4.50. The average molecular weight is 312 g/mol. The van der Waals surface area contributed by atoms with Crippen molar-refractivity contribution in [3.63, 3.8) is 0 Å². The maximum atomic E-state index is 4.50. The lowest BCUT2D eigenvalue weighted by atomic mass is 10.2. The van der Waals surface area contributed by atoms with Crippen LogP contribution in [0.25, 0.3) is 10.9 Å². The van der Waals surface area contributed by atoms with Gasteiger partial charge in [-0.2, -0.15) is 5.10 Å². The molecule has 0 saturated heterocycles. The van der Waals surface area contributed by atoms with Crippen LogP contribution in [0.5, 0.6) is 0 Å². The summed E-state index contributed by atoms with van der Waals surface area (Å²) in [5.74, 6) is 2.22. The van der Waals surface area contributed by atoms with Crippen molar-refractivity contribution in [3.05, 3.63) is 30.2 Å². The van der Waals surface area contributed by atoms with Gasteiger partial charge in [-0.1, -0.05) is 6.58 Å². The minimum Gasteiger partial charge on any atom is -0.367 e. The summed E-state index contributed by atoms with van der Waals surface area (Å²) >= 11 is 0. The molecule has 0 amide bonds. The van der Waals surface area contributed by atoms with Gasteiger partial charge in [-0.3, -0.25) is 10.1 Å². The lowest BCUT2D eigenvalue weighted by molar-refractivity contribution is 0.579. The van der Waals surface area contributed by atoms with Crippen molar-refractivity contribution in [3.8, 4) is 0 Å². The summed E-state index contributed by atoms with van der Waals surface area (Å²) in [5, 5.41) is 11.9. The summed E-state index contributed by atoms with van der Waals surface area (Å²) in [4.78, 5) is 11.0. The van der Waals surface area contributed by atoms with Gasteiger partial charge in [0, 0.05) is 32.0 Å². The van der Waals surface area contributed by atoms with Crippen molar-refractivity contribution in [1.82, 2.24) is 20.1 Å². The van der Waals surface area contributed by atoms with E-state index in [1.165, 1.54) is 12.8 Å². The Labute approximate surface area is 136 Å². The van der Waals surface area contributed by atoms with Crippen molar-refractivity contribution in [2.45, 2.75) is 32.7 Å². The van der Waals surface area contributed by atoms with Gasteiger partial charge in [0.1, 0.15) is 11.5 Å². The van der Waals surface area contributed by atoms with Crippen LogP contribution in [0.15, 0.2) is 29.5 Å². The van der Waals surface area contributed by atoms with Crippen molar-refractivity contribution in [1.29, 1.82) is 0 Å². The number of fused-ring (bicyclic) bond motifs is 1. The van der Waals surface area contributed by atoms with Crippen molar-refractivity contribution >= 4 is 22.6 Å². The van der Waals surface area contributed by atoms with E-state index in [0.717, 1.165) is 33.9 Å². The van der Waals surface area contributed by atoms with Crippen molar-refractivity contribution in [2.75, 3.05) is 19.4 Å². The second-order valence-electron chi connectivity index (χ2n) is 6.33. The summed E-state index contributed by atoms with van der Waals surface area (Å²) in [6, 6.07) is 2.22. The van der Waals surface area contributed by atoms with Gasteiger partial charge in [0.2, 0.25) is 0 Å². The zero-order valence-corrected chi connectivity index (χ0v) is 14.2. The first-order valence-electron chi connectivity index (χ1n) is 8.02. The van der Waals surface area contributed by atoms with E-state index < -0.39 is 0 Å². The van der Waals surface area contributed by atoms with Crippen LogP contribution in [0.2, 0.25) is 0 Å². The van der Waals surface area contributed by atoms with Gasteiger partial charge in [-0.05, 0) is 38.7 Å². The highest BCUT2D eigenvalue weighted by Crippen LogP contribution is 2.37. The highest BCUT2D eigenvalue weighted by atomic mass is 15.2. The zero-order valence-electron chi connectivity index (χ0n) is 14.2. The Kier molecular flexibility index (Phi) is 4.07. The predicted molar refractivity (Wildman–Crippen MR) is 94.7 cm³/mol. The fourth-order valence-corrected chi connectivity index (χ4v) is 2.75. The molecule has 1 fully saturated rings. The van der Waals surface area contributed by atoms with E-state index in [9.17, 15) is 0 Å². The van der Waals surface area contributed by atoms with E-state index in [2.05, 4.69) is 50.8 Å². The molecule has 1 aliphatic rings. The summed E-state index contributed by atoms with van der Waals surface area (Å²) in [6.45, 7) is 8.41. The third kappa shape index (κ3) is 2.93. The second kappa shape index (κ2) is 6.02. The van der Waals surface area contributed by atoms with Gasteiger partial charge in [-0.15, -0.1) is 0 Å². The molecule has 0 unspecified atom stereocenters. The molecule has 2 heterocycles. The molecule has 2 aromatic heterocycles. The zero-order chi connectivity index (χ0) is 16.6. The van der Waals surface area contributed by atoms with Gasteiger partial charge in [0.25, 0.3) is 0 Å². The molecule has 23 heavy (non-hydrogen) atoms. The highest BCUT2D eigenvalue weighted by Gasteiger charge is 2.30. The quantitative estimate of drug-likeness (QED) is 0.658. The Morgan fingerprint density at radius 1 is 1.48 bits per heavy atom. The largest absolute Gasteiger partial charge is 0.367 e. The SMILES string of the molecule is C=C(C1CC1)N(C)C(=NC)c1n[nH]c2ccnc(NC(C)C)c12. The normalized spacial score (nSPS) is 15.3. The van der Waals surface area contributed by atoms with E-state index >= 15 is 0 Å². The lowest BCUT2D eigenvalue weighted by Gasteiger charge is -2.22. The van der Waals surface area contributed by atoms with Crippen LogP contribution < -0.4 is 5.32 Å². The number of H-pyrrole nitrogens is 1. The molecule has 0 radical (unpaired) electrons. The van der Waals surface area contributed by atoms with Gasteiger partial charge < -0.3 is 10.2 Å². The number of rotatable bonds is 5. The van der Waals surface area contributed by atoms with Crippen LogP contribution in [0, 0.1) is 5.92 Å². The standard InChI is InChI=1S/C17H24N6/c1-10(2)20-16-14-13(8-9-19-16)21-22-15(14)17(18-4)23(5)11(3)12-6-7-12/h8-10,12H,3,6-7H2,1-2,4-5H3,(H,19,20)(H,21,22). The van der Waals surface area contributed by atoms with E-state index in [0.29, 0.717) is 5.92 Å². The molecule has 0 bridgehead atoms. The predicted octanol–water partition coefficient (Wildman–Crippen LogP) is 3.01. The Bertz CT molecular complexity index is 754. The minimum atomic E-state index is 0.289. The van der Waals surface area contributed by atoms with E-state index in [-0.39, 0.29) is 6.04 Å². The smallest absolute Gasteiger partial charge is 0.156 e. The van der Waals surface area contributed by atoms with Crippen LogP contribution in [0.1, 0.15) is 32.4 Å². The van der Waals surface area contributed by atoms with Crippen molar-refractivity contribution in [2.24, 2.45) is 10.9 Å². The number of hydrogen-bond donors (Lipinski definition) is 2. The topological polar surface area (TPSA) is 69.2 Å². The molecule has 1 saturated carbocycles. The molecule has 1 aliphatic carbocycles. The third-order valence-electron chi connectivity index (χ3n) is 4.12. The number of nitrogens with one attached hydrogen (secondary N) is 2. The third-order valence-corrected chi connectivity index (χ3v) is 4.12. The van der Waals surface area contributed by atoms with E-state index in [1.54, 1.807) is 13.2 Å². The summed E-state index contributed by atoms with van der Waals surface area (Å²) < 4.78 is 0. The van der Waals surface area contributed by atoms with Crippen molar-refractivity contribution < 1.29 is 0 Å². The van der Waals surface area contributed by atoms with E-state index in [4.69, 9.17) is 0 Å². The number of nitrogens with zero attached hydrogens (tertiary/aromatic N) is 4. The fraction of sp³-hybridized carbons (Fsp3) is 0.471. The first-order chi connectivity index (χ1) is 11.0. The summed E-state index contributed by atoms with van der Waals surface area (Å²) in [5.41, 5.74) is 2.86. The fourth-order valence-electron chi connectivity index (χ4n) is 2.75. The first-order valence-corrected chi connectivity index (χ1v) is 8.02. The number of allylic oxidation sites excluding steroid dienone is 1. The molecule has 3 rings (SSSR count). The number of aromatic amines is 1. The monoisotopic (exact) mass is 312 g/mol. The number of anilines is 1. The number of amidine groups is 1. The summed E-state index contributed by atoms with van der Waals surface area (Å²) in [7, 11) is 3.80. The number of aliphatic imine (C=N–C) groups is 1. The number of aromatic nitrogens is 3. The molecule has 2 aromatic rings. The minimum absolute atomic E-state index is 0.289. The van der Waals surface area contributed by atoms with Gasteiger partial charge >= 0.3 is 0 Å². The molecule has 6 heteroatoms. The van der Waals surface area contributed by atoms with Crippen LogP contribution in [-0.2, 0) is 0 Å². The molecule has 0 spiro atoms. The molecular formula is C17H24N6. The van der Waals surface area contributed by atoms with Crippen LogP contribution in [0.4, 0.5) is 5.82 Å². The molecule has 122 valence electrons. The molecule has 0 aliphatic heterocycles.